The average Bonchev–Trinajstić information content (AvgIpc) is 3.39. The van der Waals surface area contributed by atoms with E-state index in [0.717, 1.165) is 21.2 Å². The van der Waals surface area contributed by atoms with Gasteiger partial charge in [-0.25, -0.2) is 0 Å². The molecule has 1 aromatic carbocycles. The molecule has 0 saturated heterocycles. The molecule has 0 fully saturated rings. The van der Waals surface area contributed by atoms with Crippen LogP contribution in [0.2, 0.25) is 5.02 Å². The molecule has 3 heterocycles. The SMILES string of the molecule is Cc1cnn(C(C)c2nnc(Nc3ccn(Cc4ccccc4Cl)n3)s2)c1. The summed E-state index contributed by atoms with van der Waals surface area (Å²) in [7, 11) is 0. The van der Waals surface area contributed by atoms with Crippen molar-refractivity contribution in [3.05, 3.63) is 70.1 Å². The van der Waals surface area contributed by atoms with E-state index >= 15 is 0 Å². The molecule has 4 rings (SSSR count). The van der Waals surface area contributed by atoms with Gasteiger partial charge in [-0.05, 0) is 31.0 Å². The molecule has 138 valence electrons. The summed E-state index contributed by atoms with van der Waals surface area (Å²) in [6.07, 6.45) is 5.74. The van der Waals surface area contributed by atoms with Crippen LogP contribution in [0.4, 0.5) is 10.9 Å². The summed E-state index contributed by atoms with van der Waals surface area (Å²) in [6.45, 7) is 4.68. The van der Waals surface area contributed by atoms with Crippen LogP contribution < -0.4 is 5.32 Å². The van der Waals surface area contributed by atoms with Gasteiger partial charge in [0.05, 0.1) is 12.7 Å². The van der Waals surface area contributed by atoms with Gasteiger partial charge < -0.3 is 5.32 Å². The van der Waals surface area contributed by atoms with Crippen molar-refractivity contribution in [2.24, 2.45) is 0 Å². The Hall–Kier alpha value is -2.71. The van der Waals surface area contributed by atoms with Crippen molar-refractivity contribution in [1.29, 1.82) is 0 Å². The molecule has 4 aromatic rings. The minimum Gasteiger partial charge on any atom is -0.313 e. The second-order valence-corrected chi connectivity index (χ2v) is 7.65. The maximum absolute atomic E-state index is 6.21. The van der Waals surface area contributed by atoms with Gasteiger partial charge in [0.15, 0.2) is 5.82 Å². The molecule has 7 nitrogen and oxygen atoms in total. The molecule has 1 atom stereocenters. The van der Waals surface area contributed by atoms with E-state index in [1.54, 1.807) is 0 Å². The quantitative estimate of drug-likeness (QED) is 0.523. The van der Waals surface area contributed by atoms with Crippen LogP contribution in [0.5, 0.6) is 0 Å². The number of aryl methyl sites for hydroxylation is 1. The molecule has 3 aromatic heterocycles. The Morgan fingerprint density at radius 2 is 2.07 bits per heavy atom. The summed E-state index contributed by atoms with van der Waals surface area (Å²) in [6, 6.07) is 9.69. The first-order valence-corrected chi connectivity index (χ1v) is 9.66. The van der Waals surface area contributed by atoms with Crippen molar-refractivity contribution in [3.8, 4) is 0 Å². The molecule has 27 heavy (non-hydrogen) atoms. The standard InChI is InChI=1S/C18H18ClN7S/c1-12-9-20-26(10-12)13(2)17-22-23-18(27-17)21-16-7-8-25(24-16)11-14-5-3-4-6-15(14)19/h3-10,13H,11H2,1-2H3,(H,21,23,24). The first kappa shape index (κ1) is 17.7. The molecule has 0 radical (unpaired) electrons. The maximum atomic E-state index is 6.21. The first-order chi connectivity index (χ1) is 13.1. The van der Waals surface area contributed by atoms with Crippen LogP contribution in [0.3, 0.4) is 0 Å². The summed E-state index contributed by atoms with van der Waals surface area (Å²) >= 11 is 7.71. The van der Waals surface area contributed by atoms with Crippen LogP contribution in [0.25, 0.3) is 0 Å². The van der Waals surface area contributed by atoms with Gasteiger partial charge in [-0.2, -0.15) is 10.2 Å². The highest BCUT2D eigenvalue weighted by Crippen LogP contribution is 2.26. The maximum Gasteiger partial charge on any atom is 0.211 e. The number of aromatic nitrogens is 6. The van der Waals surface area contributed by atoms with Gasteiger partial charge in [-0.15, -0.1) is 10.2 Å². The first-order valence-electron chi connectivity index (χ1n) is 8.46. The molecule has 0 bridgehead atoms. The molecule has 0 saturated carbocycles. The number of rotatable bonds is 6. The molecule has 0 aliphatic carbocycles. The molecule has 0 amide bonds. The molecular formula is C18H18ClN7S. The van der Waals surface area contributed by atoms with Crippen molar-refractivity contribution in [2.75, 3.05) is 5.32 Å². The zero-order valence-corrected chi connectivity index (χ0v) is 16.4. The number of halogens is 1. The van der Waals surface area contributed by atoms with Crippen molar-refractivity contribution < 1.29 is 0 Å². The Labute approximate surface area is 165 Å². The Balaban J connectivity index is 1.44. The smallest absolute Gasteiger partial charge is 0.211 e. The zero-order valence-electron chi connectivity index (χ0n) is 14.9. The van der Waals surface area contributed by atoms with E-state index in [1.807, 2.05) is 65.2 Å². The van der Waals surface area contributed by atoms with Crippen LogP contribution in [-0.4, -0.2) is 29.8 Å². The van der Waals surface area contributed by atoms with E-state index < -0.39 is 0 Å². The molecule has 0 spiro atoms. The minimum atomic E-state index is 0.0320. The van der Waals surface area contributed by atoms with Crippen molar-refractivity contribution in [2.45, 2.75) is 26.4 Å². The highest BCUT2D eigenvalue weighted by Gasteiger charge is 2.15. The number of hydrogen-bond acceptors (Lipinski definition) is 6. The van der Waals surface area contributed by atoms with Crippen molar-refractivity contribution in [3.63, 3.8) is 0 Å². The van der Waals surface area contributed by atoms with E-state index in [4.69, 9.17) is 11.6 Å². The number of anilines is 2. The molecular weight excluding hydrogens is 382 g/mol. The lowest BCUT2D eigenvalue weighted by Gasteiger charge is -2.07. The van der Waals surface area contributed by atoms with Gasteiger partial charge >= 0.3 is 0 Å². The number of hydrogen-bond donors (Lipinski definition) is 1. The Morgan fingerprint density at radius 3 is 2.85 bits per heavy atom. The van der Waals surface area contributed by atoms with E-state index in [9.17, 15) is 0 Å². The second kappa shape index (κ2) is 7.50. The average molecular weight is 400 g/mol. The lowest BCUT2D eigenvalue weighted by atomic mass is 10.2. The molecule has 1 N–H and O–H groups in total. The van der Waals surface area contributed by atoms with E-state index in [1.165, 1.54) is 11.3 Å². The lowest BCUT2D eigenvalue weighted by Crippen LogP contribution is -2.06. The van der Waals surface area contributed by atoms with E-state index in [0.29, 0.717) is 17.5 Å². The number of benzene rings is 1. The fourth-order valence-electron chi connectivity index (χ4n) is 2.64. The molecule has 0 aliphatic heterocycles. The summed E-state index contributed by atoms with van der Waals surface area (Å²) in [5, 5.41) is 22.9. The minimum absolute atomic E-state index is 0.0320. The van der Waals surface area contributed by atoms with Crippen LogP contribution in [0.1, 0.15) is 29.1 Å². The van der Waals surface area contributed by atoms with Crippen LogP contribution in [-0.2, 0) is 6.54 Å². The van der Waals surface area contributed by atoms with Crippen molar-refractivity contribution in [1.82, 2.24) is 29.8 Å². The molecule has 0 aliphatic rings. The van der Waals surface area contributed by atoms with Crippen molar-refractivity contribution >= 4 is 33.9 Å². The third-order valence-electron chi connectivity index (χ3n) is 4.09. The fraction of sp³-hybridized carbons (Fsp3) is 0.222. The lowest BCUT2D eigenvalue weighted by molar-refractivity contribution is 0.557. The van der Waals surface area contributed by atoms with Gasteiger partial charge in [0.2, 0.25) is 5.13 Å². The predicted octanol–water partition coefficient (Wildman–Crippen LogP) is 4.29. The Kier molecular flexibility index (Phi) is 4.91. The van der Waals surface area contributed by atoms with Gasteiger partial charge in [0.1, 0.15) is 11.0 Å². The van der Waals surface area contributed by atoms with Crippen LogP contribution in [0, 0.1) is 6.92 Å². The summed E-state index contributed by atoms with van der Waals surface area (Å²) in [4.78, 5) is 0. The molecule has 9 heteroatoms. The van der Waals surface area contributed by atoms with Gasteiger partial charge in [-0.1, -0.05) is 41.1 Å². The van der Waals surface area contributed by atoms with Gasteiger partial charge in [0, 0.05) is 23.5 Å². The number of nitrogens with one attached hydrogen (secondary N) is 1. The van der Waals surface area contributed by atoms with E-state index in [-0.39, 0.29) is 6.04 Å². The third-order valence-corrected chi connectivity index (χ3v) is 5.47. The van der Waals surface area contributed by atoms with E-state index in [2.05, 4.69) is 32.6 Å². The Morgan fingerprint density at radius 1 is 1.22 bits per heavy atom. The van der Waals surface area contributed by atoms with Gasteiger partial charge in [-0.3, -0.25) is 9.36 Å². The fourth-order valence-corrected chi connectivity index (χ4v) is 3.63. The highest BCUT2D eigenvalue weighted by molar-refractivity contribution is 7.15. The largest absolute Gasteiger partial charge is 0.313 e. The Bertz CT molecular complexity index is 1050. The second-order valence-electron chi connectivity index (χ2n) is 6.23. The van der Waals surface area contributed by atoms with Crippen LogP contribution in [0.15, 0.2) is 48.9 Å². The third kappa shape index (κ3) is 4.01. The van der Waals surface area contributed by atoms with Crippen LogP contribution >= 0.6 is 22.9 Å². The predicted molar refractivity (Wildman–Crippen MR) is 107 cm³/mol. The number of nitrogens with zero attached hydrogens (tertiary/aromatic N) is 6. The monoisotopic (exact) mass is 399 g/mol. The van der Waals surface area contributed by atoms with Gasteiger partial charge in [0.25, 0.3) is 0 Å². The normalized spacial score (nSPS) is 12.3. The topological polar surface area (TPSA) is 73.5 Å². The highest BCUT2D eigenvalue weighted by atomic mass is 35.5. The summed E-state index contributed by atoms with van der Waals surface area (Å²) in [5.41, 5.74) is 2.14. The summed E-state index contributed by atoms with van der Waals surface area (Å²) in [5.74, 6) is 0.715. The zero-order chi connectivity index (χ0) is 18.8. The molecule has 1 unspecified atom stereocenters. The summed E-state index contributed by atoms with van der Waals surface area (Å²) < 4.78 is 3.72.